The van der Waals surface area contributed by atoms with Crippen molar-refractivity contribution < 1.29 is 9.90 Å². The Bertz CT molecular complexity index is 640. The van der Waals surface area contributed by atoms with Gasteiger partial charge in [0.1, 0.15) is 6.04 Å². The number of piperidine rings is 1. The largest absolute Gasteiger partial charge is 0.480 e. The second-order valence-electron chi connectivity index (χ2n) is 5.16. The minimum Gasteiger partial charge on any atom is -0.480 e. The number of hydrogen-bond acceptors (Lipinski definition) is 3. The molecule has 0 bridgehead atoms. The second kappa shape index (κ2) is 5.72. The van der Waals surface area contributed by atoms with Crippen molar-refractivity contribution in [3.05, 3.63) is 34.2 Å². The van der Waals surface area contributed by atoms with Gasteiger partial charge < -0.3 is 5.11 Å². The molecule has 1 fully saturated rings. The first kappa shape index (κ1) is 13.9. The average molecular weight is 310 g/mol. The van der Waals surface area contributed by atoms with Gasteiger partial charge in [-0.15, -0.1) is 11.3 Å². The Labute approximate surface area is 126 Å². The number of hydrogen-bond donors (Lipinski definition) is 1. The molecule has 0 spiro atoms. The fourth-order valence-corrected chi connectivity index (χ4v) is 4.33. The number of halogens is 1. The first-order chi connectivity index (χ1) is 9.66. The van der Waals surface area contributed by atoms with Gasteiger partial charge in [-0.05, 0) is 25.5 Å². The van der Waals surface area contributed by atoms with E-state index in [2.05, 4.69) is 6.07 Å². The highest BCUT2D eigenvalue weighted by molar-refractivity contribution is 7.19. The van der Waals surface area contributed by atoms with E-state index in [0.717, 1.165) is 45.8 Å². The SMILES string of the molecule is O=C(O)C1CCCCN1Cc1sc2ccccc2c1Cl. The molecule has 20 heavy (non-hydrogen) atoms. The van der Waals surface area contributed by atoms with E-state index in [0.29, 0.717) is 6.54 Å². The highest BCUT2D eigenvalue weighted by Crippen LogP contribution is 2.36. The maximum absolute atomic E-state index is 11.3. The molecule has 5 heteroatoms. The Kier molecular flexibility index (Phi) is 3.96. The monoisotopic (exact) mass is 309 g/mol. The van der Waals surface area contributed by atoms with Gasteiger partial charge in [-0.25, -0.2) is 0 Å². The van der Waals surface area contributed by atoms with Crippen LogP contribution in [0.3, 0.4) is 0 Å². The Morgan fingerprint density at radius 3 is 2.95 bits per heavy atom. The molecule has 0 saturated carbocycles. The Morgan fingerprint density at radius 2 is 2.20 bits per heavy atom. The van der Waals surface area contributed by atoms with Gasteiger partial charge in [0, 0.05) is 21.5 Å². The van der Waals surface area contributed by atoms with Crippen molar-refractivity contribution in [3.8, 4) is 0 Å². The zero-order chi connectivity index (χ0) is 14.1. The van der Waals surface area contributed by atoms with E-state index >= 15 is 0 Å². The summed E-state index contributed by atoms with van der Waals surface area (Å²) in [5.74, 6) is -0.720. The lowest BCUT2D eigenvalue weighted by molar-refractivity contribution is -0.144. The van der Waals surface area contributed by atoms with Crippen LogP contribution < -0.4 is 0 Å². The number of benzene rings is 1. The average Bonchev–Trinajstić information content (AvgIpc) is 2.76. The Morgan fingerprint density at radius 1 is 1.40 bits per heavy atom. The van der Waals surface area contributed by atoms with Crippen molar-refractivity contribution >= 4 is 39.0 Å². The van der Waals surface area contributed by atoms with Crippen LogP contribution in [-0.4, -0.2) is 28.6 Å². The minimum absolute atomic E-state index is 0.370. The van der Waals surface area contributed by atoms with Crippen LogP contribution in [0.5, 0.6) is 0 Å². The summed E-state index contributed by atoms with van der Waals surface area (Å²) in [6.45, 7) is 1.47. The zero-order valence-corrected chi connectivity index (χ0v) is 12.6. The molecule has 2 aromatic rings. The standard InChI is InChI=1S/C15H16ClNO2S/c16-14-10-5-1-2-7-12(10)20-13(14)9-17-8-4-3-6-11(17)15(18)19/h1-2,5,7,11H,3-4,6,8-9H2,(H,18,19). The van der Waals surface area contributed by atoms with Crippen LogP contribution in [0.4, 0.5) is 0 Å². The lowest BCUT2D eigenvalue weighted by Gasteiger charge is -2.32. The fraction of sp³-hybridized carbons (Fsp3) is 0.400. The molecule has 106 valence electrons. The van der Waals surface area contributed by atoms with Crippen molar-refractivity contribution in [3.63, 3.8) is 0 Å². The molecule has 1 unspecified atom stereocenters. The van der Waals surface area contributed by atoms with Gasteiger partial charge in [-0.1, -0.05) is 36.2 Å². The summed E-state index contributed by atoms with van der Waals surface area (Å²) in [4.78, 5) is 14.5. The number of carboxylic acids is 1. The topological polar surface area (TPSA) is 40.5 Å². The number of rotatable bonds is 3. The summed E-state index contributed by atoms with van der Waals surface area (Å²) in [7, 11) is 0. The van der Waals surface area contributed by atoms with Crippen LogP contribution in [0.15, 0.2) is 24.3 Å². The van der Waals surface area contributed by atoms with Crippen LogP contribution in [0, 0.1) is 0 Å². The third-order valence-corrected chi connectivity index (χ3v) is 5.55. The number of nitrogens with zero attached hydrogens (tertiary/aromatic N) is 1. The molecule has 1 saturated heterocycles. The number of carboxylic acid groups (broad SMARTS) is 1. The molecule has 2 heterocycles. The van der Waals surface area contributed by atoms with Crippen LogP contribution >= 0.6 is 22.9 Å². The number of thiophene rings is 1. The van der Waals surface area contributed by atoms with Gasteiger partial charge in [-0.2, -0.15) is 0 Å². The Balaban J connectivity index is 1.88. The molecule has 1 aliphatic rings. The molecule has 1 atom stereocenters. The van der Waals surface area contributed by atoms with Gasteiger partial charge in [0.2, 0.25) is 0 Å². The van der Waals surface area contributed by atoms with Crippen molar-refractivity contribution in [2.45, 2.75) is 31.8 Å². The van der Waals surface area contributed by atoms with Crippen LogP contribution in [0.25, 0.3) is 10.1 Å². The lowest BCUT2D eigenvalue weighted by atomic mass is 10.0. The zero-order valence-electron chi connectivity index (χ0n) is 11.0. The maximum atomic E-state index is 11.3. The molecule has 1 aliphatic heterocycles. The van der Waals surface area contributed by atoms with E-state index < -0.39 is 5.97 Å². The molecule has 0 amide bonds. The van der Waals surface area contributed by atoms with E-state index in [1.165, 1.54) is 0 Å². The summed E-state index contributed by atoms with van der Waals surface area (Å²) < 4.78 is 1.16. The number of aliphatic carboxylic acids is 1. The smallest absolute Gasteiger partial charge is 0.320 e. The van der Waals surface area contributed by atoms with Gasteiger partial charge in [0.15, 0.2) is 0 Å². The maximum Gasteiger partial charge on any atom is 0.320 e. The number of carbonyl (C=O) groups is 1. The van der Waals surface area contributed by atoms with Crippen LogP contribution in [-0.2, 0) is 11.3 Å². The summed E-state index contributed by atoms with van der Waals surface area (Å²) in [6, 6.07) is 7.68. The molecular formula is C15H16ClNO2S. The summed E-state index contributed by atoms with van der Waals surface area (Å²) in [5.41, 5.74) is 0. The molecule has 0 aliphatic carbocycles. The van der Waals surface area contributed by atoms with Gasteiger partial charge in [-0.3, -0.25) is 9.69 Å². The third kappa shape index (κ3) is 2.55. The molecule has 1 aromatic carbocycles. The predicted molar refractivity (Wildman–Crippen MR) is 82.5 cm³/mol. The molecular weight excluding hydrogens is 294 g/mol. The lowest BCUT2D eigenvalue weighted by Crippen LogP contribution is -2.43. The minimum atomic E-state index is -0.720. The normalized spacial score (nSPS) is 20.4. The van der Waals surface area contributed by atoms with Gasteiger partial charge in [0.25, 0.3) is 0 Å². The van der Waals surface area contributed by atoms with Crippen LogP contribution in [0.2, 0.25) is 5.02 Å². The van der Waals surface area contributed by atoms with Crippen molar-refractivity contribution in [1.29, 1.82) is 0 Å². The number of likely N-dealkylation sites (tertiary alicyclic amines) is 1. The molecule has 1 N–H and O–H groups in total. The molecule has 0 radical (unpaired) electrons. The van der Waals surface area contributed by atoms with E-state index in [1.54, 1.807) is 11.3 Å². The highest BCUT2D eigenvalue weighted by atomic mass is 35.5. The van der Waals surface area contributed by atoms with Gasteiger partial charge >= 0.3 is 5.97 Å². The third-order valence-electron chi connectivity index (χ3n) is 3.85. The first-order valence-electron chi connectivity index (χ1n) is 6.79. The molecule has 3 nitrogen and oxygen atoms in total. The van der Waals surface area contributed by atoms with Crippen molar-refractivity contribution in [1.82, 2.24) is 4.90 Å². The highest BCUT2D eigenvalue weighted by Gasteiger charge is 2.29. The van der Waals surface area contributed by atoms with Gasteiger partial charge in [0.05, 0.1) is 5.02 Å². The number of fused-ring (bicyclic) bond motifs is 1. The predicted octanol–water partition coefficient (Wildman–Crippen LogP) is 3.99. The Hall–Kier alpha value is -1.10. The summed E-state index contributed by atoms with van der Waals surface area (Å²) in [5, 5.41) is 11.2. The second-order valence-corrected chi connectivity index (χ2v) is 6.67. The van der Waals surface area contributed by atoms with Crippen molar-refractivity contribution in [2.24, 2.45) is 0 Å². The van der Waals surface area contributed by atoms with E-state index in [-0.39, 0.29) is 6.04 Å². The summed E-state index contributed by atoms with van der Waals surface area (Å²) in [6.07, 6.45) is 2.79. The molecule has 1 aromatic heterocycles. The van der Waals surface area contributed by atoms with Crippen molar-refractivity contribution in [2.75, 3.05) is 6.54 Å². The fourth-order valence-electron chi connectivity index (χ4n) is 2.81. The van der Waals surface area contributed by atoms with E-state index in [9.17, 15) is 9.90 Å². The molecule has 3 rings (SSSR count). The van der Waals surface area contributed by atoms with Crippen LogP contribution in [0.1, 0.15) is 24.1 Å². The first-order valence-corrected chi connectivity index (χ1v) is 7.99. The van der Waals surface area contributed by atoms with E-state index in [4.69, 9.17) is 11.6 Å². The quantitative estimate of drug-likeness (QED) is 0.932. The van der Waals surface area contributed by atoms with E-state index in [1.807, 2.05) is 23.1 Å². The summed E-state index contributed by atoms with van der Waals surface area (Å²) >= 11 is 8.10.